The van der Waals surface area contributed by atoms with Gasteiger partial charge in [0.1, 0.15) is 5.75 Å². The van der Waals surface area contributed by atoms with Crippen LogP contribution in [-0.2, 0) is 4.79 Å². The van der Waals surface area contributed by atoms with Gasteiger partial charge in [0.25, 0.3) is 5.91 Å². The predicted octanol–water partition coefficient (Wildman–Crippen LogP) is 1.50. The van der Waals surface area contributed by atoms with Crippen LogP contribution < -0.4 is 15.0 Å². The molecule has 3 rings (SSSR count). The third-order valence-electron chi connectivity index (χ3n) is 4.49. The number of hydrogen-bond donors (Lipinski definition) is 2. The summed E-state index contributed by atoms with van der Waals surface area (Å²) in [6.07, 6.45) is 4.16. The lowest BCUT2D eigenvalue weighted by molar-refractivity contribution is -0.919. The van der Waals surface area contributed by atoms with Gasteiger partial charge < -0.3 is 19.4 Å². The Morgan fingerprint density at radius 3 is 2.83 bits per heavy atom. The molecule has 0 saturated carbocycles. The van der Waals surface area contributed by atoms with Crippen LogP contribution in [0.5, 0.6) is 5.75 Å². The molecule has 0 unspecified atom stereocenters. The zero-order valence-electron chi connectivity index (χ0n) is 14.1. The van der Waals surface area contributed by atoms with Crippen molar-refractivity contribution in [2.75, 3.05) is 26.2 Å². The second kappa shape index (κ2) is 8.02. The SMILES string of the molecule is Cc1cccc(OCC(=O)NC[C@H](c2ccco2)[NH+]2CCCC2)c1. The van der Waals surface area contributed by atoms with E-state index in [4.69, 9.17) is 9.15 Å². The van der Waals surface area contributed by atoms with Crippen molar-refractivity contribution in [1.29, 1.82) is 0 Å². The summed E-state index contributed by atoms with van der Waals surface area (Å²) >= 11 is 0. The van der Waals surface area contributed by atoms with Crippen LogP contribution in [0.15, 0.2) is 47.1 Å². The summed E-state index contributed by atoms with van der Waals surface area (Å²) in [5.74, 6) is 1.55. The lowest BCUT2D eigenvalue weighted by Crippen LogP contribution is -3.11. The number of aryl methyl sites for hydroxylation is 1. The largest absolute Gasteiger partial charge is 0.484 e. The number of carbonyl (C=O) groups is 1. The first-order chi connectivity index (χ1) is 11.7. The number of quaternary nitrogens is 1. The number of likely N-dealkylation sites (tertiary alicyclic amines) is 1. The molecule has 1 aliphatic heterocycles. The molecule has 0 aliphatic carbocycles. The van der Waals surface area contributed by atoms with Crippen molar-refractivity contribution in [3.05, 3.63) is 54.0 Å². The fourth-order valence-corrected chi connectivity index (χ4v) is 3.23. The molecule has 1 atom stereocenters. The average molecular weight is 329 g/mol. The number of carbonyl (C=O) groups excluding carboxylic acids is 1. The molecule has 1 amide bonds. The van der Waals surface area contributed by atoms with Gasteiger partial charge in [0.15, 0.2) is 18.4 Å². The number of amides is 1. The van der Waals surface area contributed by atoms with Crippen molar-refractivity contribution in [2.24, 2.45) is 0 Å². The molecule has 1 fully saturated rings. The van der Waals surface area contributed by atoms with Crippen LogP contribution in [0, 0.1) is 6.92 Å². The van der Waals surface area contributed by atoms with Crippen molar-refractivity contribution in [3.63, 3.8) is 0 Å². The Balaban J connectivity index is 1.51. The molecular weight excluding hydrogens is 304 g/mol. The standard InChI is InChI=1S/C19H24N2O3/c1-15-6-4-7-16(12-15)24-14-19(22)20-13-17(18-8-5-11-23-18)21-9-2-3-10-21/h4-8,11-12,17H,2-3,9-10,13-14H2,1H3,(H,20,22)/p+1/t17-/m1/s1. The highest BCUT2D eigenvalue weighted by atomic mass is 16.5. The Labute approximate surface area is 142 Å². The number of ether oxygens (including phenoxy) is 1. The number of benzene rings is 1. The lowest BCUT2D eigenvalue weighted by Gasteiger charge is -2.23. The maximum absolute atomic E-state index is 12.1. The maximum atomic E-state index is 12.1. The highest BCUT2D eigenvalue weighted by Gasteiger charge is 2.29. The molecule has 5 nitrogen and oxygen atoms in total. The zero-order chi connectivity index (χ0) is 16.8. The van der Waals surface area contributed by atoms with E-state index in [-0.39, 0.29) is 18.6 Å². The third-order valence-corrected chi connectivity index (χ3v) is 4.49. The minimum atomic E-state index is -0.105. The van der Waals surface area contributed by atoms with Gasteiger partial charge in [-0.05, 0) is 36.8 Å². The number of hydrogen-bond acceptors (Lipinski definition) is 3. The van der Waals surface area contributed by atoms with Crippen LogP contribution in [0.1, 0.15) is 30.2 Å². The van der Waals surface area contributed by atoms with Gasteiger partial charge in [0.2, 0.25) is 0 Å². The van der Waals surface area contributed by atoms with E-state index in [0.29, 0.717) is 6.54 Å². The summed E-state index contributed by atoms with van der Waals surface area (Å²) in [4.78, 5) is 13.6. The number of furan rings is 1. The Hall–Kier alpha value is -2.27. The number of nitrogens with one attached hydrogen (secondary N) is 2. The molecule has 2 N–H and O–H groups in total. The van der Waals surface area contributed by atoms with E-state index in [1.807, 2.05) is 43.3 Å². The molecule has 0 spiro atoms. The van der Waals surface area contributed by atoms with Crippen LogP contribution in [0.4, 0.5) is 0 Å². The van der Waals surface area contributed by atoms with E-state index in [1.54, 1.807) is 6.26 Å². The minimum Gasteiger partial charge on any atom is -0.484 e. The molecule has 0 bridgehead atoms. The first-order valence-electron chi connectivity index (χ1n) is 8.56. The maximum Gasteiger partial charge on any atom is 0.258 e. The smallest absolute Gasteiger partial charge is 0.258 e. The fourth-order valence-electron chi connectivity index (χ4n) is 3.23. The lowest BCUT2D eigenvalue weighted by atomic mass is 10.2. The summed E-state index contributed by atoms with van der Waals surface area (Å²) in [5, 5.41) is 2.99. The summed E-state index contributed by atoms with van der Waals surface area (Å²) in [5.41, 5.74) is 1.11. The first-order valence-corrected chi connectivity index (χ1v) is 8.56. The molecule has 2 aromatic rings. The fraction of sp³-hybridized carbons (Fsp3) is 0.421. The van der Waals surface area contributed by atoms with E-state index in [9.17, 15) is 4.79 Å². The minimum absolute atomic E-state index is 0.0314. The second-order valence-corrected chi connectivity index (χ2v) is 6.34. The quantitative estimate of drug-likeness (QED) is 0.809. The Morgan fingerprint density at radius 1 is 1.29 bits per heavy atom. The first kappa shape index (κ1) is 16.6. The van der Waals surface area contributed by atoms with E-state index < -0.39 is 0 Å². The summed E-state index contributed by atoms with van der Waals surface area (Å²) in [6, 6.07) is 11.8. The topological polar surface area (TPSA) is 55.9 Å². The molecule has 1 saturated heterocycles. The average Bonchev–Trinajstić information content (AvgIpc) is 3.27. The monoisotopic (exact) mass is 329 g/mol. The molecule has 1 aliphatic rings. The molecule has 1 aromatic carbocycles. The number of rotatable bonds is 7. The van der Waals surface area contributed by atoms with Crippen LogP contribution in [0.2, 0.25) is 0 Å². The molecule has 2 heterocycles. The Bertz CT molecular complexity index is 648. The van der Waals surface area contributed by atoms with Crippen LogP contribution in [-0.4, -0.2) is 32.1 Å². The summed E-state index contributed by atoms with van der Waals surface area (Å²) in [7, 11) is 0. The van der Waals surface area contributed by atoms with Gasteiger partial charge in [-0.3, -0.25) is 4.79 Å². The van der Waals surface area contributed by atoms with E-state index in [1.165, 1.54) is 17.7 Å². The molecule has 0 radical (unpaired) electrons. The normalized spacial score (nSPS) is 16.0. The third kappa shape index (κ3) is 4.38. The van der Waals surface area contributed by atoms with Gasteiger partial charge in [0.05, 0.1) is 25.9 Å². The van der Waals surface area contributed by atoms with Gasteiger partial charge in [-0.2, -0.15) is 0 Å². The van der Waals surface area contributed by atoms with Gasteiger partial charge in [-0.1, -0.05) is 12.1 Å². The molecule has 1 aromatic heterocycles. The van der Waals surface area contributed by atoms with Crippen LogP contribution in [0.3, 0.4) is 0 Å². The molecule has 24 heavy (non-hydrogen) atoms. The Kier molecular flexibility index (Phi) is 5.54. The van der Waals surface area contributed by atoms with Crippen molar-refractivity contribution in [2.45, 2.75) is 25.8 Å². The van der Waals surface area contributed by atoms with Crippen molar-refractivity contribution in [3.8, 4) is 5.75 Å². The van der Waals surface area contributed by atoms with Gasteiger partial charge in [-0.25, -0.2) is 0 Å². The Morgan fingerprint density at radius 2 is 2.12 bits per heavy atom. The van der Waals surface area contributed by atoms with Crippen molar-refractivity contribution in [1.82, 2.24) is 5.32 Å². The van der Waals surface area contributed by atoms with Crippen molar-refractivity contribution < 1.29 is 18.8 Å². The van der Waals surface area contributed by atoms with Crippen LogP contribution >= 0.6 is 0 Å². The highest BCUT2D eigenvalue weighted by molar-refractivity contribution is 5.77. The molecular formula is C19H25N2O3+. The summed E-state index contributed by atoms with van der Waals surface area (Å²) in [6.45, 7) is 4.85. The molecule has 5 heteroatoms. The van der Waals surface area contributed by atoms with E-state index in [0.717, 1.165) is 30.2 Å². The van der Waals surface area contributed by atoms with Crippen LogP contribution in [0.25, 0.3) is 0 Å². The predicted molar refractivity (Wildman–Crippen MR) is 91.1 cm³/mol. The summed E-state index contributed by atoms with van der Waals surface area (Å²) < 4.78 is 11.1. The van der Waals surface area contributed by atoms with Gasteiger partial charge in [0, 0.05) is 12.8 Å². The second-order valence-electron chi connectivity index (χ2n) is 6.34. The van der Waals surface area contributed by atoms with Gasteiger partial charge >= 0.3 is 0 Å². The van der Waals surface area contributed by atoms with E-state index in [2.05, 4.69) is 5.32 Å². The zero-order valence-corrected chi connectivity index (χ0v) is 14.1. The van der Waals surface area contributed by atoms with Gasteiger partial charge in [-0.15, -0.1) is 0 Å². The molecule has 128 valence electrons. The van der Waals surface area contributed by atoms with Crippen molar-refractivity contribution >= 4 is 5.91 Å². The van der Waals surface area contributed by atoms with E-state index >= 15 is 0 Å². The highest BCUT2D eigenvalue weighted by Crippen LogP contribution is 2.13.